The summed E-state index contributed by atoms with van der Waals surface area (Å²) in [5.74, 6) is -0.880. The second-order valence-electron chi connectivity index (χ2n) is 6.07. The van der Waals surface area contributed by atoms with Gasteiger partial charge in [0.1, 0.15) is 10.9 Å². The molecule has 0 fully saturated rings. The molecule has 0 aliphatic heterocycles. The first-order valence-corrected chi connectivity index (χ1v) is 9.29. The number of fused-ring (bicyclic) bond motifs is 1. The first kappa shape index (κ1) is 18.2. The van der Waals surface area contributed by atoms with Gasteiger partial charge in [0.15, 0.2) is 5.13 Å². The second kappa shape index (κ2) is 7.36. The molecule has 0 saturated carbocycles. The summed E-state index contributed by atoms with van der Waals surface area (Å²) in [6.07, 6.45) is 2.65. The van der Waals surface area contributed by atoms with Crippen molar-refractivity contribution in [1.29, 1.82) is 0 Å². The number of aryl methyl sites for hydroxylation is 3. The monoisotopic (exact) mass is 376 g/mol. The molecule has 1 aliphatic carbocycles. The van der Waals surface area contributed by atoms with Crippen LogP contribution in [0.15, 0.2) is 10.9 Å². The summed E-state index contributed by atoms with van der Waals surface area (Å²) < 4.78 is 6.17. The van der Waals surface area contributed by atoms with Crippen LogP contribution in [0.4, 0.5) is 5.13 Å². The van der Waals surface area contributed by atoms with E-state index in [1.807, 2.05) is 0 Å². The summed E-state index contributed by atoms with van der Waals surface area (Å²) in [5.41, 5.74) is 2.03. The molecule has 9 heteroatoms. The highest BCUT2D eigenvalue weighted by Crippen LogP contribution is 2.24. The van der Waals surface area contributed by atoms with Crippen LogP contribution in [0.2, 0.25) is 0 Å². The Balaban J connectivity index is 1.77. The van der Waals surface area contributed by atoms with Gasteiger partial charge < -0.3 is 10.1 Å². The van der Waals surface area contributed by atoms with Gasteiger partial charge in [-0.25, -0.2) is 14.5 Å². The molecule has 8 nitrogen and oxygen atoms in total. The largest absolute Gasteiger partial charge is 0.462 e. The van der Waals surface area contributed by atoms with E-state index in [0.717, 1.165) is 41.9 Å². The average Bonchev–Trinajstić information content (AvgIpc) is 3.19. The third-order valence-electron chi connectivity index (χ3n) is 4.22. The van der Waals surface area contributed by atoms with Crippen molar-refractivity contribution >= 4 is 28.3 Å². The molecule has 138 valence electrons. The maximum atomic E-state index is 12.5. The summed E-state index contributed by atoms with van der Waals surface area (Å²) in [6.45, 7) is 5.27. The van der Waals surface area contributed by atoms with Crippen LogP contribution in [0.1, 0.15) is 52.9 Å². The van der Waals surface area contributed by atoms with Crippen LogP contribution in [0.25, 0.3) is 0 Å². The molecule has 0 bridgehead atoms. The van der Waals surface area contributed by atoms with E-state index in [1.165, 1.54) is 4.68 Å². The number of thiazole rings is 1. The molecule has 2 aromatic rings. The minimum absolute atomic E-state index is 0.266. The van der Waals surface area contributed by atoms with Crippen LogP contribution in [0.5, 0.6) is 0 Å². The molecule has 1 amide bonds. The summed E-state index contributed by atoms with van der Waals surface area (Å²) in [4.78, 5) is 41.2. The topological polar surface area (TPSA) is 103 Å². The van der Waals surface area contributed by atoms with E-state index in [9.17, 15) is 14.4 Å². The molecule has 1 N–H and O–H groups in total. The lowest BCUT2D eigenvalue weighted by atomic mass is 10.2. The number of nitrogens with zero attached hydrogens (tertiary/aromatic N) is 3. The lowest BCUT2D eigenvalue weighted by Crippen LogP contribution is -2.33. The number of aromatic nitrogens is 3. The van der Waals surface area contributed by atoms with Gasteiger partial charge in [-0.15, -0.1) is 0 Å². The van der Waals surface area contributed by atoms with Gasteiger partial charge in [0, 0.05) is 6.07 Å². The minimum atomic E-state index is -0.788. The number of esters is 1. The molecule has 3 rings (SSSR count). The average molecular weight is 376 g/mol. The second-order valence-corrected chi connectivity index (χ2v) is 7.07. The Kier molecular flexibility index (Phi) is 5.17. The van der Waals surface area contributed by atoms with Gasteiger partial charge in [0.25, 0.3) is 11.5 Å². The fourth-order valence-corrected chi connectivity index (χ4v) is 3.71. The number of carbonyl (C=O) groups excluding carboxylic acids is 2. The fraction of sp³-hybridized carbons (Fsp3) is 0.471. The first-order chi connectivity index (χ1) is 12.4. The van der Waals surface area contributed by atoms with E-state index in [0.29, 0.717) is 10.6 Å². The van der Waals surface area contributed by atoms with E-state index < -0.39 is 17.9 Å². The maximum absolute atomic E-state index is 12.5. The summed E-state index contributed by atoms with van der Waals surface area (Å²) in [6, 6.07) is 0.773. The van der Waals surface area contributed by atoms with Crippen molar-refractivity contribution in [3.63, 3.8) is 0 Å². The van der Waals surface area contributed by atoms with E-state index in [-0.39, 0.29) is 17.3 Å². The van der Waals surface area contributed by atoms with Crippen LogP contribution in [0, 0.1) is 6.92 Å². The lowest BCUT2D eigenvalue weighted by molar-refractivity contribution is -0.119. The fourth-order valence-electron chi connectivity index (χ4n) is 2.85. The predicted octanol–water partition coefficient (Wildman–Crippen LogP) is 1.87. The number of ether oxygens (including phenoxy) is 1. The minimum Gasteiger partial charge on any atom is -0.462 e. The van der Waals surface area contributed by atoms with Gasteiger partial charge in [0.2, 0.25) is 0 Å². The SMILES string of the molecule is CCOC(=O)c1sc(NC(=O)[C@@H](C)n2nc3c(cc2=O)CCC3)nc1C. The highest BCUT2D eigenvalue weighted by molar-refractivity contribution is 7.17. The molecular formula is C17H20N4O4S. The molecule has 0 spiro atoms. The standard InChI is InChI=1S/C17H20N4O4S/c1-4-25-16(24)14-9(2)18-17(26-14)19-15(23)10(3)21-13(22)8-11-6-5-7-12(11)20-21/h8,10H,4-7H2,1-3H3,(H,18,19,23)/t10-/m1/s1. The molecule has 2 aromatic heterocycles. The molecule has 1 atom stereocenters. The van der Waals surface area contributed by atoms with Crippen molar-refractivity contribution in [3.05, 3.63) is 38.2 Å². The van der Waals surface area contributed by atoms with E-state index in [1.54, 1.807) is 26.8 Å². The quantitative estimate of drug-likeness (QED) is 0.799. The number of hydrogen-bond acceptors (Lipinski definition) is 7. The molecule has 0 saturated heterocycles. The lowest BCUT2D eigenvalue weighted by Gasteiger charge is -2.14. The highest BCUT2D eigenvalue weighted by Gasteiger charge is 2.23. The Morgan fingerprint density at radius 2 is 2.19 bits per heavy atom. The van der Waals surface area contributed by atoms with Gasteiger partial charge in [-0.1, -0.05) is 11.3 Å². The van der Waals surface area contributed by atoms with Gasteiger partial charge in [-0.2, -0.15) is 5.10 Å². The highest BCUT2D eigenvalue weighted by atomic mass is 32.1. The Morgan fingerprint density at radius 3 is 2.92 bits per heavy atom. The van der Waals surface area contributed by atoms with Crippen LogP contribution < -0.4 is 10.9 Å². The third kappa shape index (κ3) is 3.52. The number of nitrogens with one attached hydrogen (secondary N) is 1. The van der Waals surface area contributed by atoms with Crippen molar-refractivity contribution < 1.29 is 14.3 Å². The Hall–Kier alpha value is -2.55. The summed E-state index contributed by atoms with van der Waals surface area (Å²) >= 11 is 1.05. The zero-order valence-electron chi connectivity index (χ0n) is 14.9. The van der Waals surface area contributed by atoms with Gasteiger partial charge in [-0.05, 0) is 45.6 Å². The van der Waals surface area contributed by atoms with Gasteiger partial charge in [0.05, 0.1) is 18.0 Å². The number of carbonyl (C=O) groups is 2. The number of hydrogen-bond donors (Lipinski definition) is 1. The maximum Gasteiger partial charge on any atom is 0.350 e. The van der Waals surface area contributed by atoms with Crippen LogP contribution in [-0.4, -0.2) is 33.2 Å². The molecule has 0 unspecified atom stereocenters. The molecule has 2 heterocycles. The third-order valence-corrected chi connectivity index (χ3v) is 5.27. The first-order valence-electron chi connectivity index (χ1n) is 8.47. The predicted molar refractivity (Wildman–Crippen MR) is 96.7 cm³/mol. The summed E-state index contributed by atoms with van der Waals surface area (Å²) in [5, 5.41) is 7.29. The van der Waals surface area contributed by atoms with E-state index in [2.05, 4.69) is 15.4 Å². The van der Waals surface area contributed by atoms with Crippen molar-refractivity contribution in [2.24, 2.45) is 0 Å². The van der Waals surface area contributed by atoms with Gasteiger partial charge in [-0.3, -0.25) is 9.59 Å². The van der Waals surface area contributed by atoms with Crippen LogP contribution in [-0.2, 0) is 22.4 Å². The number of anilines is 1. The van der Waals surface area contributed by atoms with Crippen molar-refractivity contribution in [2.75, 3.05) is 11.9 Å². The van der Waals surface area contributed by atoms with Crippen molar-refractivity contribution in [1.82, 2.24) is 14.8 Å². The van der Waals surface area contributed by atoms with Crippen LogP contribution >= 0.6 is 11.3 Å². The number of amides is 1. The molecule has 0 radical (unpaired) electrons. The molecule has 26 heavy (non-hydrogen) atoms. The molecular weight excluding hydrogens is 356 g/mol. The Labute approximate surface area is 154 Å². The van der Waals surface area contributed by atoms with E-state index in [4.69, 9.17) is 4.74 Å². The Bertz CT molecular complexity index is 918. The van der Waals surface area contributed by atoms with Crippen molar-refractivity contribution in [2.45, 2.75) is 46.1 Å². The Morgan fingerprint density at radius 1 is 1.42 bits per heavy atom. The zero-order valence-corrected chi connectivity index (χ0v) is 15.7. The molecule has 0 aromatic carbocycles. The van der Waals surface area contributed by atoms with Crippen LogP contribution in [0.3, 0.4) is 0 Å². The normalized spacial score (nSPS) is 14.0. The smallest absolute Gasteiger partial charge is 0.350 e. The molecule has 1 aliphatic rings. The zero-order chi connectivity index (χ0) is 18.8. The number of rotatable bonds is 5. The van der Waals surface area contributed by atoms with Gasteiger partial charge >= 0.3 is 5.97 Å². The summed E-state index contributed by atoms with van der Waals surface area (Å²) in [7, 11) is 0. The van der Waals surface area contributed by atoms with E-state index >= 15 is 0 Å². The van der Waals surface area contributed by atoms with Crippen molar-refractivity contribution in [3.8, 4) is 0 Å².